The predicted molar refractivity (Wildman–Crippen MR) is 182 cm³/mol. The van der Waals surface area contributed by atoms with Crippen LogP contribution in [0.5, 0.6) is 0 Å². The minimum Gasteiger partial charge on any atom is -0.459 e. The molecular formula is C34H59N5O10. The van der Waals surface area contributed by atoms with Crippen molar-refractivity contribution >= 4 is 24.1 Å². The second-order valence-electron chi connectivity index (χ2n) is 14.2. The molecule has 2 rings (SSSR count). The Morgan fingerprint density at radius 2 is 1.78 bits per heavy atom. The molecule has 2 fully saturated rings. The molecule has 0 radical (unpaired) electrons. The second-order valence-corrected chi connectivity index (χ2v) is 14.2. The van der Waals surface area contributed by atoms with E-state index < -0.39 is 77.4 Å². The maximum atomic E-state index is 13.8. The number of guanidine groups is 1. The summed E-state index contributed by atoms with van der Waals surface area (Å²) in [5.74, 6) is -1.91. The van der Waals surface area contributed by atoms with Crippen molar-refractivity contribution in [1.82, 2.24) is 16.0 Å². The van der Waals surface area contributed by atoms with Crippen LogP contribution >= 0.6 is 0 Å². The second kappa shape index (κ2) is 17.7. The van der Waals surface area contributed by atoms with E-state index in [4.69, 9.17) is 35.8 Å². The summed E-state index contributed by atoms with van der Waals surface area (Å²) >= 11 is 0. The first-order valence-electron chi connectivity index (χ1n) is 17.0. The molecule has 11 atom stereocenters. The highest BCUT2D eigenvalue weighted by Crippen LogP contribution is 2.44. The minimum absolute atomic E-state index is 0.0773. The molecule has 0 aromatic rings. The van der Waals surface area contributed by atoms with Gasteiger partial charge in [-0.2, -0.15) is 0 Å². The summed E-state index contributed by atoms with van der Waals surface area (Å²) in [7, 11) is 1.44. The molecule has 49 heavy (non-hydrogen) atoms. The number of hydrogen-bond donors (Lipinski definition) is 6. The number of alkyl carbamates (subject to hydrolysis) is 1. The predicted octanol–water partition coefficient (Wildman–Crippen LogP) is 2.03. The number of terminal acetylenes is 1. The van der Waals surface area contributed by atoms with Crippen LogP contribution in [0.3, 0.4) is 0 Å². The zero-order valence-corrected chi connectivity index (χ0v) is 30.7. The first-order chi connectivity index (χ1) is 22.7. The molecule has 2 unspecified atom stereocenters. The fourth-order valence-corrected chi connectivity index (χ4v) is 7.12. The van der Waals surface area contributed by atoms with Crippen LogP contribution in [0.15, 0.2) is 4.99 Å². The number of carbonyl (C=O) groups excluding carboxylic acids is 3. The van der Waals surface area contributed by atoms with Gasteiger partial charge in [0.25, 0.3) is 0 Å². The van der Waals surface area contributed by atoms with E-state index in [9.17, 15) is 24.6 Å². The van der Waals surface area contributed by atoms with Crippen LogP contribution < -0.4 is 21.7 Å². The van der Waals surface area contributed by atoms with E-state index in [1.165, 1.54) is 7.05 Å². The number of nitrogens with two attached hydrogens (primary N) is 1. The van der Waals surface area contributed by atoms with E-state index in [-0.39, 0.29) is 50.3 Å². The SMILES string of the molecule is C#CCO[C@@H]1[C@@H](C)C(OC(=O)NCCCN=C(N)NC(=O)NC)[C@@H](C)C(=O)OC(CC)[C@@](C)(O)[C@@H]2OC(C)(C)O[C@H]([C@@H]2C)[C@H](C)C[C@]1(C)O. The Kier molecular flexibility index (Phi) is 15.1. The average molecular weight is 698 g/mol. The van der Waals surface area contributed by atoms with Crippen molar-refractivity contribution in [3.8, 4) is 12.3 Å². The van der Waals surface area contributed by atoms with Crippen LogP contribution in [-0.2, 0) is 28.5 Å². The normalized spacial score (nSPS) is 37.1. The number of amides is 3. The third-order valence-corrected chi connectivity index (χ3v) is 9.40. The van der Waals surface area contributed by atoms with Crippen molar-refractivity contribution < 1.29 is 48.3 Å². The first-order valence-corrected chi connectivity index (χ1v) is 17.0. The smallest absolute Gasteiger partial charge is 0.407 e. The van der Waals surface area contributed by atoms with Gasteiger partial charge in [0.05, 0.1) is 29.8 Å². The van der Waals surface area contributed by atoms with E-state index in [0.29, 0.717) is 6.42 Å². The molecule has 0 saturated carbocycles. The highest BCUT2D eigenvalue weighted by molar-refractivity contribution is 5.95. The lowest BCUT2D eigenvalue weighted by molar-refractivity contribution is -0.359. The number of aliphatic hydroxyl groups is 2. The zero-order valence-electron chi connectivity index (χ0n) is 30.7. The molecule has 2 bridgehead atoms. The van der Waals surface area contributed by atoms with Crippen molar-refractivity contribution in [1.29, 1.82) is 0 Å². The average Bonchev–Trinajstić information content (AvgIpc) is 3.01. The number of aliphatic imine (C=N–C) groups is 1. The Labute approximate surface area is 290 Å². The Bertz CT molecular complexity index is 1200. The molecule has 7 N–H and O–H groups in total. The largest absolute Gasteiger partial charge is 0.459 e. The number of rotatable bonds is 8. The summed E-state index contributed by atoms with van der Waals surface area (Å²) in [6.45, 7) is 15.9. The molecule has 15 heteroatoms. The van der Waals surface area contributed by atoms with Gasteiger partial charge in [-0.1, -0.05) is 33.6 Å². The number of nitrogens with zero attached hydrogens (tertiary/aromatic N) is 1. The number of cyclic esters (lactones) is 1. The van der Waals surface area contributed by atoms with Gasteiger partial charge in [0.2, 0.25) is 0 Å². The molecular weight excluding hydrogens is 638 g/mol. The molecule has 2 heterocycles. The Hall–Kier alpha value is -3.16. The lowest BCUT2D eigenvalue weighted by Gasteiger charge is -2.53. The zero-order chi connectivity index (χ0) is 37.3. The van der Waals surface area contributed by atoms with Gasteiger partial charge < -0.3 is 50.3 Å². The highest BCUT2D eigenvalue weighted by atomic mass is 16.7. The lowest BCUT2D eigenvalue weighted by Crippen LogP contribution is -2.64. The summed E-state index contributed by atoms with van der Waals surface area (Å²) in [5.41, 5.74) is 2.48. The van der Waals surface area contributed by atoms with Gasteiger partial charge in [-0.05, 0) is 59.8 Å². The molecule has 15 nitrogen and oxygen atoms in total. The molecule has 2 aliphatic rings. The fraction of sp³-hybridized carbons (Fsp3) is 0.824. The Balaban J connectivity index is 2.46. The summed E-state index contributed by atoms with van der Waals surface area (Å²) < 4.78 is 30.6. The molecule has 0 aromatic carbocycles. The number of urea groups is 1. The van der Waals surface area contributed by atoms with Crippen LogP contribution in [0.25, 0.3) is 0 Å². The number of ether oxygens (including phenoxy) is 5. The third kappa shape index (κ3) is 11.2. The van der Waals surface area contributed by atoms with Crippen LogP contribution in [-0.4, -0.2) is 109 Å². The van der Waals surface area contributed by atoms with E-state index in [2.05, 4.69) is 26.9 Å². The van der Waals surface area contributed by atoms with Crippen LogP contribution in [0.2, 0.25) is 0 Å². The third-order valence-electron chi connectivity index (χ3n) is 9.40. The summed E-state index contributed by atoms with van der Waals surface area (Å²) in [6, 6.07) is -0.511. The number of nitrogens with one attached hydrogen (secondary N) is 3. The van der Waals surface area contributed by atoms with Gasteiger partial charge in [-0.3, -0.25) is 15.1 Å². The number of esters is 1. The molecule has 2 saturated heterocycles. The number of fused-ring (bicyclic) bond motifs is 2. The van der Waals surface area contributed by atoms with E-state index in [1.54, 1.807) is 48.5 Å². The van der Waals surface area contributed by atoms with E-state index in [0.717, 1.165) is 0 Å². The molecule has 280 valence electrons. The van der Waals surface area contributed by atoms with Gasteiger partial charge >= 0.3 is 18.1 Å². The highest BCUT2D eigenvalue weighted by Gasteiger charge is 2.55. The summed E-state index contributed by atoms with van der Waals surface area (Å²) in [4.78, 5) is 42.4. The molecule has 0 spiro atoms. The standard InChI is InChI=1S/C34H59N5O10/c1-12-17-45-26-21(5)25(47-31(42)38-16-14-15-37-29(35)39-30(41)36-11)22(6)28(40)46-23(13-2)34(10,44)27-20(4)24(48-32(7,8)49-27)19(3)18-33(26,9)43/h1,19-27,43-44H,13-18H2,2-11H3,(H,38,42)(H4,35,36,37,39,41)/t19-,20+,21+,22-,23?,24+,25?,26-,27-,33+,34-/m1/s1. The maximum Gasteiger partial charge on any atom is 0.407 e. The van der Waals surface area contributed by atoms with Crippen LogP contribution in [0.4, 0.5) is 9.59 Å². The molecule has 0 aromatic heterocycles. The van der Waals surface area contributed by atoms with E-state index in [1.807, 2.05) is 13.8 Å². The number of carbonyl (C=O) groups is 3. The minimum atomic E-state index is -1.63. The maximum absolute atomic E-state index is 13.8. The molecule has 0 aliphatic carbocycles. The number of hydrogen-bond acceptors (Lipinski definition) is 11. The van der Waals surface area contributed by atoms with Gasteiger partial charge in [0.15, 0.2) is 11.7 Å². The summed E-state index contributed by atoms with van der Waals surface area (Å²) in [6.07, 6.45) is 1.16. The van der Waals surface area contributed by atoms with Crippen molar-refractivity contribution in [2.45, 2.75) is 129 Å². The Morgan fingerprint density at radius 3 is 2.37 bits per heavy atom. The van der Waals surface area contributed by atoms with Gasteiger partial charge in [0, 0.05) is 32.0 Å². The topological polar surface area (TPSA) is 212 Å². The quantitative estimate of drug-likeness (QED) is 0.0710. The monoisotopic (exact) mass is 697 g/mol. The first kappa shape index (κ1) is 42.0. The fourth-order valence-electron chi connectivity index (χ4n) is 7.12. The van der Waals surface area contributed by atoms with Gasteiger partial charge in [-0.25, -0.2) is 9.59 Å². The van der Waals surface area contributed by atoms with Gasteiger partial charge in [-0.15, -0.1) is 6.42 Å². The van der Waals surface area contributed by atoms with E-state index >= 15 is 0 Å². The van der Waals surface area contributed by atoms with Crippen molar-refractivity contribution in [3.63, 3.8) is 0 Å². The van der Waals surface area contributed by atoms with Crippen molar-refractivity contribution in [2.75, 3.05) is 26.7 Å². The Morgan fingerprint density at radius 1 is 1.12 bits per heavy atom. The molecule has 2 aliphatic heterocycles. The lowest BCUT2D eigenvalue weighted by atomic mass is 9.72. The van der Waals surface area contributed by atoms with Crippen molar-refractivity contribution in [2.24, 2.45) is 34.4 Å². The molecule has 3 amide bonds. The van der Waals surface area contributed by atoms with Crippen molar-refractivity contribution in [3.05, 3.63) is 0 Å². The van der Waals surface area contributed by atoms with Gasteiger partial charge in [0.1, 0.15) is 24.4 Å². The summed E-state index contributed by atoms with van der Waals surface area (Å²) in [5, 5.41) is 31.4. The van der Waals surface area contributed by atoms with Crippen LogP contribution in [0.1, 0.15) is 81.6 Å². The van der Waals surface area contributed by atoms with Crippen LogP contribution in [0, 0.1) is 36.0 Å².